The first-order valence-electron chi connectivity index (χ1n) is 30.7. The third-order valence-electron chi connectivity index (χ3n) is 21.4. The molecule has 0 amide bonds. The second-order valence-electron chi connectivity index (χ2n) is 25.9. The fourth-order valence-corrected chi connectivity index (χ4v) is 14.1. The molecule has 35 atom stereocenters. The van der Waals surface area contributed by atoms with E-state index in [2.05, 4.69) is 125 Å². The van der Waals surface area contributed by atoms with Crippen LogP contribution in [0.2, 0.25) is 0 Å². The Morgan fingerprint density at radius 3 is 0.947 bits per heavy atom. The van der Waals surface area contributed by atoms with Crippen molar-refractivity contribution in [3.8, 4) is 0 Å². The number of aliphatic hydroxyl groups is 2. The molecule has 0 spiro atoms. The van der Waals surface area contributed by atoms with Crippen molar-refractivity contribution in [1.29, 1.82) is 0 Å². The molecule has 2 N–H and O–H groups in total. The van der Waals surface area contributed by atoms with Crippen molar-refractivity contribution in [2.75, 3.05) is 6.61 Å². The lowest BCUT2D eigenvalue weighted by molar-refractivity contribution is -0.371. The van der Waals surface area contributed by atoms with Gasteiger partial charge >= 0.3 is 0 Å². The molecule has 7 rings (SSSR count). The van der Waals surface area contributed by atoms with Gasteiger partial charge in [-0.1, -0.05) is 125 Å². The molecular formula is C61H110O15. The van der Waals surface area contributed by atoms with E-state index in [4.69, 9.17) is 61.6 Å². The van der Waals surface area contributed by atoms with E-state index in [-0.39, 0.29) is 139 Å². The SMILES string of the molecule is CCC1O[C@@H](O[C@H]2C(C)O[C@@H](O[C@H]3C(O)C(C)[C@@H](O[C@H]4C(C)C(C)[C@@H](O[C@H]5C(CC)O[C@@H](C)C(C)[C@H]5C)O[C@H]4C)O[C@@H]3CO)C(C)[C@H]2C)C(C)[C@@H](C)[C@H]1O[C@H]1O[C@H](CC)[C@@H](O[C@H]2O[C@H](CC)[C@@H](C)C(C)C2C)C(C)C1C. The van der Waals surface area contributed by atoms with Crippen LogP contribution in [-0.2, 0) is 61.6 Å². The minimum absolute atomic E-state index is 0.00466. The summed E-state index contributed by atoms with van der Waals surface area (Å²) < 4.78 is 87.8. The topological polar surface area (TPSA) is 160 Å². The Labute approximate surface area is 460 Å². The highest BCUT2D eigenvalue weighted by Crippen LogP contribution is 2.46. The summed E-state index contributed by atoms with van der Waals surface area (Å²) in [5, 5.41) is 22.8. The van der Waals surface area contributed by atoms with Crippen LogP contribution < -0.4 is 0 Å². The number of aliphatic hydroxyl groups excluding tert-OH is 2. The summed E-state index contributed by atoms with van der Waals surface area (Å²) in [5.74, 6) is 1.78. The van der Waals surface area contributed by atoms with Gasteiger partial charge in [-0.05, 0) is 93.8 Å². The van der Waals surface area contributed by atoms with Crippen LogP contribution >= 0.6 is 0 Å². The largest absolute Gasteiger partial charge is 0.394 e. The summed E-state index contributed by atoms with van der Waals surface area (Å²) in [6.07, 6.45) is -4.03. The van der Waals surface area contributed by atoms with E-state index in [1.807, 2.05) is 20.8 Å². The summed E-state index contributed by atoms with van der Waals surface area (Å²) >= 11 is 0. The van der Waals surface area contributed by atoms with Crippen LogP contribution in [0.15, 0.2) is 0 Å². The molecule has 444 valence electrons. The first-order valence-corrected chi connectivity index (χ1v) is 30.7. The summed E-state index contributed by atoms with van der Waals surface area (Å²) in [7, 11) is 0. The monoisotopic (exact) mass is 1080 g/mol. The van der Waals surface area contributed by atoms with Crippen LogP contribution in [0, 0.1) is 82.9 Å². The summed E-state index contributed by atoms with van der Waals surface area (Å²) in [6.45, 7) is 45.3. The Balaban J connectivity index is 0.925. The number of hydrogen-bond acceptors (Lipinski definition) is 15. The Morgan fingerprint density at radius 2 is 0.553 bits per heavy atom. The van der Waals surface area contributed by atoms with E-state index in [9.17, 15) is 10.2 Å². The van der Waals surface area contributed by atoms with Gasteiger partial charge in [-0.2, -0.15) is 0 Å². The average Bonchev–Trinajstić information content (AvgIpc) is 3.40. The summed E-state index contributed by atoms with van der Waals surface area (Å²) in [5.41, 5.74) is 0. The molecule has 0 radical (unpaired) electrons. The third-order valence-corrected chi connectivity index (χ3v) is 21.4. The van der Waals surface area contributed by atoms with Gasteiger partial charge < -0.3 is 71.8 Å². The molecule has 15 heteroatoms. The van der Waals surface area contributed by atoms with Crippen LogP contribution in [0.1, 0.15) is 171 Å². The zero-order valence-electron chi connectivity index (χ0n) is 50.9. The lowest BCUT2D eigenvalue weighted by atomic mass is 9.78. The lowest BCUT2D eigenvalue weighted by Gasteiger charge is -2.52. The molecular weight excluding hydrogens is 973 g/mol. The average molecular weight is 1080 g/mol. The minimum Gasteiger partial charge on any atom is -0.394 e. The Bertz CT molecular complexity index is 1750. The molecule has 7 fully saturated rings. The second kappa shape index (κ2) is 26.8. The van der Waals surface area contributed by atoms with Crippen molar-refractivity contribution < 1.29 is 71.8 Å². The van der Waals surface area contributed by atoms with Gasteiger partial charge in [0.15, 0.2) is 37.7 Å². The van der Waals surface area contributed by atoms with Crippen LogP contribution in [0.25, 0.3) is 0 Å². The maximum atomic E-state index is 12.0. The molecule has 7 aliphatic heterocycles. The standard InChI is InChI=1S/C61H110O15/c1-22-44-29(7)27(5)35(13)58(67-44)74-53-34(12)39(17)60(69-47(53)25-4)75-54-33(11)38(16)59(68-46(54)24-3)71-50-32(10)37(15)57(66-42(50)20)76-55-48(26-62)70-61(40(18)49(55)63)72-51-31(9)36(14)56(65-43(51)21)73-52-30(8)28(6)41(19)64-45(52)23-2/h27-63H,22-26H2,1-21H3/t27?,28?,29-,30+,31?,32+,33+,34?,35?,36?,37?,38?,39?,40?,41-,42?,43-,44+,45?,46?,47+,48+,49?,50+,51-,52+,53-,54+,55+,56+,57-,58+,59-,60+,61+/m0/s1. The third kappa shape index (κ3) is 12.8. The van der Waals surface area contributed by atoms with E-state index in [1.54, 1.807) is 0 Å². The minimum atomic E-state index is -1.01. The van der Waals surface area contributed by atoms with Crippen molar-refractivity contribution in [2.24, 2.45) is 82.9 Å². The molecule has 76 heavy (non-hydrogen) atoms. The maximum Gasteiger partial charge on any atom is 0.163 e. The molecule has 0 aromatic rings. The van der Waals surface area contributed by atoms with Gasteiger partial charge in [-0.25, -0.2) is 0 Å². The van der Waals surface area contributed by atoms with Gasteiger partial charge in [0, 0.05) is 35.5 Å². The maximum absolute atomic E-state index is 12.0. The van der Waals surface area contributed by atoms with Crippen molar-refractivity contribution in [2.45, 2.75) is 300 Å². The zero-order valence-corrected chi connectivity index (χ0v) is 50.9. The van der Waals surface area contributed by atoms with Crippen molar-refractivity contribution in [3.05, 3.63) is 0 Å². The number of ether oxygens (including phenoxy) is 13. The first kappa shape index (κ1) is 63.0. The van der Waals surface area contributed by atoms with Crippen LogP contribution in [0.5, 0.6) is 0 Å². The molecule has 0 saturated carbocycles. The van der Waals surface area contributed by atoms with Gasteiger partial charge in [-0.15, -0.1) is 0 Å². The van der Waals surface area contributed by atoms with Gasteiger partial charge in [0.25, 0.3) is 0 Å². The van der Waals surface area contributed by atoms with E-state index in [0.717, 1.165) is 25.7 Å². The fourth-order valence-electron chi connectivity index (χ4n) is 14.1. The van der Waals surface area contributed by atoms with E-state index in [0.29, 0.717) is 23.7 Å². The molecule has 0 aromatic heterocycles. The van der Waals surface area contributed by atoms with Crippen LogP contribution in [-0.4, -0.2) is 146 Å². The normalized spacial score (nSPS) is 54.6. The number of hydrogen-bond donors (Lipinski definition) is 2. The zero-order chi connectivity index (χ0) is 55.9. The van der Waals surface area contributed by atoms with Gasteiger partial charge in [0.05, 0.1) is 86.0 Å². The van der Waals surface area contributed by atoms with Crippen LogP contribution in [0.3, 0.4) is 0 Å². The van der Waals surface area contributed by atoms with Gasteiger partial charge in [-0.3, -0.25) is 0 Å². The predicted octanol–water partition coefficient (Wildman–Crippen LogP) is 10.4. The van der Waals surface area contributed by atoms with Gasteiger partial charge in [0.2, 0.25) is 0 Å². The van der Waals surface area contributed by atoms with E-state index >= 15 is 0 Å². The quantitative estimate of drug-likeness (QED) is 0.142. The molecule has 7 saturated heterocycles. The highest BCUT2D eigenvalue weighted by Gasteiger charge is 2.54. The second-order valence-corrected chi connectivity index (χ2v) is 25.9. The van der Waals surface area contributed by atoms with E-state index in [1.165, 1.54) is 0 Å². The fraction of sp³-hybridized carbons (Fsp3) is 1.00. The summed E-state index contributed by atoms with van der Waals surface area (Å²) in [6, 6.07) is 0. The highest BCUT2D eigenvalue weighted by atomic mass is 16.8. The van der Waals surface area contributed by atoms with E-state index < -0.39 is 55.7 Å². The lowest BCUT2D eigenvalue weighted by Crippen LogP contribution is -2.62. The Hall–Kier alpha value is -0.600. The number of rotatable bonds is 17. The first-order chi connectivity index (χ1) is 35.9. The molecule has 0 aromatic carbocycles. The van der Waals surface area contributed by atoms with Crippen LogP contribution in [0.4, 0.5) is 0 Å². The Kier molecular flexibility index (Phi) is 22.2. The molecule has 15 nitrogen and oxygen atoms in total. The summed E-state index contributed by atoms with van der Waals surface area (Å²) in [4.78, 5) is 0. The Morgan fingerprint density at radius 1 is 0.263 bits per heavy atom. The molecule has 7 aliphatic rings. The van der Waals surface area contributed by atoms with Crippen molar-refractivity contribution in [1.82, 2.24) is 0 Å². The predicted molar refractivity (Wildman–Crippen MR) is 289 cm³/mol. The van der Waals surface area contributed by atoms with Crippen molar-refractivity contribution in [3.63, 3.8) is 0 Å². The molecule has 14 unspecified atom stereocenters. The molecule has 7 heterocycles. The van der Waals surface area contributed by atoms with Crippen molar-refractivity contribution >= 4 is 0 Å². The molecule has 0 bridgehead atoms. The van der Waals surface area contributed by atoms with Gasteiger partial charge in [0.1, 0.15) is 12.2 Å². The highest BCUT2D eigenvalue weighted by molar-refractivity contribution is 4.96. The smallest absolute Gasteiger partial charge is 0.163 e. The molecule has 0 aliphatic carbocycles.